The van der Waals surface area contributed by atoms with Gasteiger partial charge in [0.15, 0.2) is 0 Å². The second-order valence-corrected chi connectivity index (χ2v) is 10.9. The first-order valence-corrected chi connectivity index (χ1v) is 11.6. The van der Waals surface area contributed by atoms with E-state index in [1.165, 1.54) is 36.2 Å². The van der Waals surface area contributed by atoms with Gasteiger partial charge in [-0.1, -0.05) is 65.7 Å². The van der Waals surface area contributed by atoms with Crippen LogP contribution >= 0.6 is 7.92 Å². The van der Waals surface area contributed by atoms with E-state index >= 15 is 0 Å². The standard InChI is InChI=1S/C18H33P.BF4/c1-4-10-16(11-5-1)19(17-12-6-2-7-13-17)18-14-8-3-9-15-18;2-1(3,4)5/h16-18H,1-15H2;/q;-1. The van der Waals surface area contributed by atoms with Crippen LogP contribution in [0.4, 0.5) is 17.3 Å². The predicted octanol–water partition coefficient (Wildman–Crippen LogP) is 7.77. The van der Waals surface area contributed by atoms with Crippen molar-refractivity contribution in [1.82, 2.24) is 0 Å². The molecule has 0 nitrogen and oxygen atoms in total. The van der Waals surface area contributed by atoms with Crippen LogP contribution in [0.1, 0.15) is 96.3 Å². The quantitative estimate of drug-likeness (QED) is 0.272. The van der Waals surface area contributed by atoms with Gasteiger partial charge in [0.1, 0.15) is 0 Å². The summed E-state index contributed by atoms with van der Waals surface area (Å²) in [6.45, 7) is 0. The van der Waals surface area contributed by atoms with Crippen LogP contribution in [-0.4, -0.2) is 24.2 Å². The maximum Gasteiger partial charge on any atom is 0.673 e. The van der Waals surface area contributed by atoms with E-state index in [0.29, 0.717) is 7.92 Å². The summed E-state index contributed by atoms with van der Waals surface area (Å²) in [5.41, 5.74) is 3.57. The number of hydrogen-bond donors (Lipinski definition) is 0. The lowest BCUT2D eigenvalue weighted by Gasteiger charge is -2.44. The van der Waals surface area contributed by atoms with Crippen LogP contribution in [-0.2, 0) is 0 Å². The number of hydrogen-bond acceptors (Lipinski definition) is 0. The number of rotatable bonds is 3. The Kier molecular flexibility index (Phi) is 8.88. The summed E-state index contributed by atoms with van der Waals surface area (Å²) in [5, 5.41) is 0. The molecule has 0 aromatic heterocycles. The van der Waals surface area contributed by atoms with E-state index in [2.05, 4.69) is 0 Å². The zero-order chi connectivity index (χ0) is 17.4. The molecule has 0 aromatic rings. The maximum atomic E-state index is 9.75. The van der Waals surface area contributed by atoms with Crippen LogP contribution in [0.3, 0.4) is 0 Å². The highest BCUT2D eigenvalue weighted by Crippen LogP contribution is 2.61. The highest BCUT2D eigenvalue weighted by atomic mass is 31.1. The lowest BCUT2D eigenvalue weighted by Crippen LogP contribution is -2.28. The molecule has 6 heteroatoms. The van der Waals surface area contributed by atoms with Gasteiger partial charge in [0.05, 0.1) is 0 Å². The van der Waals surface area contributed by atoms with E-state index in [0.717, 1.165) is 0 Å². The molecule has 3 saturated carbocycles. The van der Waals surface area contributed by atoms with Gasteiger partial charge >= 0.3 is 7.25 Å². The molecule has 0 radical (unpaired) electrons. The number of halogens is 4. The van der Waals surface area contributed by atoms with Gasteiger partial charge in [0.2, 0.25) is 0 Å². The van der Waals surface area contributed by atoms with Gasteiger partial charge in [0.25, 0.3) is 0 Å². The highest BCUT2D eigenvalue weighted by molar-refractivity contribution is 7.60. The van der Waals surface area contributed by atoms with Crippen molar-refractivity contribution < 1.29 is 17.3 Å². The molecular formula is C18H33BF4P-. The van der Waals surface area contributed by atoms with Crippen LogP contribution in [0.15, 0.2) is 0 Å². The van der Waals surface area contributed by atoms with Crippen LogP contribution in [0.2, 0.25) is 0 Å². The molecule has 0 N–H and O–H groups in total. The molecule has 3 fully saturated rings. The fourth-order valence-electron chi connectivity index (χ4n) is 5.03. The predicted molar refractivity (Wildman–Crippen MR) is 97.7 cm³/mol. The maximum absolute atomic E-state index is 9.75. The van der Waals surface area contributed by atoms with Crippen molar-refractivity contribution in [2.24, 2.45) is 0 Å². The van der Waals surface area contributed by atoms with Crippen LogP contribution in [0.5, 0.6) is 0 Å². The molecule has 0 unspecified atom stereocenters. The fraction of sp³-hybridized carbons (Fsp3) is 1.00. The summed E-state index contributed by atoms with van der Waals surface area (Å²) in [6.07, 6.45) is 23.6. The Morgan fingerprint density at radius 2 is 0.667 bits per heavy atom. The van der Waals surface area contributed by atoms with Gasteiger partial charge in [-0.25, -0.2) is 0 Å². The lowest BCUT2D eigenvalue weighted by molar-refractivity contribution is 0.368. The summed E-state index contributed by atoms with van der Waals surface area (Å²) < 4.78 is 39.0. The Bertz CT molecular complexity index is 284. The van der Waals surface area contributed by atoms with Gasteiger partial charge in [0, 0.05) is 0 Å². The van der Waals surface area contributed by atoms with E-state index in [-0.39, 0.29) is 0 Å². The molecule has 3 aliphatic rings. The van der Waals surface area contributed by atoms with Crippen molar-refractivity contribution in [2.75, 3.05) is 0 Å². The highest BCUT2D eigenvalue weighted by Gasteiger charge is 2.36. The zero-order valence-corrected chi connectivity index (χ0v) is 15.8. The molecule has 0 aromatic carbocycles. The first-order valence-electron chi connectivity index (χ1n) is 10.1. The van der Waals surface area contributed by atoms with Crippen molar-refractivity contribution >= 4 is 15.2 Å². The van der Waals surface area contributed by atoms with Gasteiger partial charge in [-0.05, 0) is 55.5 Å². The molecule has 142 valence electrons. The summed E-state index contributed by atoms with van der Waals surface area (Å²) in [6, 6.07) is 0. The average Bonchev–Trinajstić information content (AvgIpc) is 2.57. The van der Waals surface area contributed by atoms with Crippen LogP contribution in [0, 0.1) is 0 Å². The molecule has 0 saturated heterocycles. The average molecular weight is 367 g/mol. The first kappa shape index (κ1) is 20.5. The van der Waals surface area contributed by atoms with Crippen molar-refractivity contribution in [3.8, 4) is 0 Å². The normalized spacial score (nSPS) is 25.4. The van der Waals surface area contributed by atoms with Gasteiger partial charge in [-0.2, -0.15) is 0 Å². The molecule has 0 spiro atoms. The van der Waals surface area contributed by atoms with Crippen LogP contribution in [0.25, 0.3) is 0 Å². The topological polar surface area (TPSA) is 0 Å². The van der Waals surface area contributed by atoms with Crippen molar-refractivity contribution in [3.63, 3.8) is 0 Å². The molecule has 24 heavy (non-hydrogen) atoms. The molecule has 3 aliphatic carbocycles. The Morgan fingerprint density at radius 3 is 0.875 bits per heavy atom. The minimum absolute atomic E-state index is 0.385. The largest absolute Gasteiger partial charge is 0.673 e. The van der Waals surface area contributed by atoms with E-state index < -0.39 is 7.25 Å². The van der Waals surface area contributed by atoms with E-state index in [4.69, 9.17) is 0 Å². The second-order valence-electron chi connectivity index (χ2n) is 7.82. The van der Waals surface area contributed by atoms with Crippen molar-refractivity contribution in [2.45, 2.75) is 113 Å². The first-order chi connectivity index (χ1) is 11.4. The smallest absolute Gasteiger partial charge is 0.418 e. The zero-order valence-electron chi connectivity index (χ0n) is 14.9. The molecule has 0 heterocycles. The van der Waals surface area contributed by atoms with Gasteiger partial charge in [-0.3, -0.25) is 0 Å². The summed E-state index contributed by atoms with van der Waals surface area (Å²) in [4.78, 5) is 0. The van der Waals surface area contributed by atoms with E-state index in [1.807, 2.05) is 0 Å². The minimum atomic E-state index is -6.00. The summed E-state index contributed by atoms with van der Waals surface area (Å²) in [5.74, 6) is 0. The van der Waals surface area contributed by atoms with Crippen LogP contribution < -0.4 is 0 Å². The van der Waals surface area contributed by atoms with Gasteiger partial charge in [-0.15, -0.1) is 0 Å². The fourth-order valence-corrected chi connectivity index (χ4v) is 9.71. The third kappa shape index (κ3) is 7.62. The van der Waals surface area contributed by atoms with Crippen molar-refractivity contribution in [3.05, 3.63) is 0 Å². The minimum Gasteiger partial charge on any atom is -0.418 e. The Hall–Kier alpha value is 0.215. The summed E-state index contributed by atoms with van der Waals surface area (Å²) >= 11 is 0. The third-order valence-electron chi connectivity index (χ3n) is 5.99. The molecule has 0 amide bonds. The molecule has 0 atom stereocenters. The molecular weight excluding hydrogens is 334 g/mol. The molecule has 0 aliphatic heterocycles. The van der Waals surface area contributed by atoms with E-state index in [9.17, 15) is 17.3 Å². The molecule has 3 rings (SSSR count). The Morgan fingerprint density at radius 1 is 0.458 bits per heavy atom. The van der Waals surface area contributed by atoms with E-state index in [1.54, 1.807) is 77.0 Å². The van der Waals surface area contributed by atoms with Gasteiger partial charge < -0.3 is 17.3 Å². The lowest BCUT2D eigenvalue weighted by atomic mass is 9.99. The van der Waals surface area contributed by atoms with Crippen molar-refractivity contribution in [1.29, 1.82) is 0 Å². The molecule has 0 bridgehead atoms. The second kappa shape index (κ2) is 10.4. The Balaban J connectivity index is 0.000000368. The monoisotopic (exact) mass is 367 g/mol. The Labute approximate surface area is 146 Å². The summed E-state index contributed by atoms with van der Waals surface area (Å²) in [7, 11) is -5.62. The third-order valence-corrected chi connectivity index (χ3v) is 10.1. The SMILES string of the molecule is C1CCC(P(C2CCCCC2)C2CCCCC2)CC1.F[B-](F)(F)F.